The van der Waals surface area contributed by atoms with Crippen molar-refractivity contribution in [1.29, 1.82) is 0 Å². The summed E-state index contributed by atoms with van der Waals surface area (Å²) < 4.78 is 45.4. The van der Waals surface area contributed by atoms with Gasteiger partial charge in [0.15, 0.2) is 0 Å². The number of nitrogens with one attached hydrogen (secondary N) is 2. The molecule has 2 amide bonds. The van der Waals surface area contributed by atoms with E-state index in [2.05, 4.69) is 20.3 Å². The molecule has 1 aliphatic rings. The van der Waals surface area contributed by atoms with E-state index in [1.807, 2.05) is 24.3 Å². The Labute approximate surface area is 150 Å². The number of carbonyl (C=O) groups excluding carboxylic acids is 1. The maximum Gasteiger partial charge on any atom is 0.411 e. The number of rotatable bonds is 8. The molecule has 0 aromatic heterocycles. The number of hydrogen-bond acceptors (Lipinski definition) is 4. The molecule has 1 heterocycles. The number of benzene rings is 1. The molecular weight excluding hydrogens is 351 g/mol. The van der Waals surface area contributed by atoms with Gasteiger partial charge in [-0.05, 0) is 11.1 Å². The lowest BCUT2D eigenvalue weighted by atomic mass is 10.1. The van der Waals surface area contributed by atoms with Crippen LogP contribution in [0.4, 0.5) is 18.0 Å². The highest BCUT2D eigenvalue weighted by Gasteiger charge is 2.27. The van der Waals surface area contributed by atoms with Crippen LogP contribution in [0.1, 0.15) is 11.1 Å². The third-order valence-electron chi connectivity index (χ3n) is 3.78. The maximum absolute atomic E-state index is 11.9. The van der Waals surface area contributed by atoms with Gasteiger partial charge in [-0.25, -0.2) is 4.79 Å². The van der Waals surface area contributed by atoms with Crippen molar-refractivity contribution < 1.29 is 27.4 Å². The Balaban J connectivity index is 1.60. The summed E-state index contributed by atoms with van der Waals surface area (Å²) in [5.41, 5.74) is 2.14. The van der Waals surface area contributed by atoms with Gasteiger partial charge in [0.05, 0.1) is 19.8 Å². The van der Waals surface area contributed by atoms with Crippen LogP contribution in [0.15, 0.2) is 24.3 Å². The summed E-state index contributed by atoms with van der Waals surface area (Å²) in [5, 5.41) is 5.10. The van der Waals surface area contributed by atoms with Crippen molar-refractivity contribution in [1.82, 2.24) is 15.5 Å². The smallest absolute Gasteiger partial charge is 0.379 e. The first-order valence-corrected chi connectivity index (χ1v) is 8.46. The number of amides is 2. The van der Waals surface area contributed by atoms with Gasteiger partial charge in [-0.3, -0.25) is 4.90 Å². The van der Waals surface area contributed by atoms with Gasteiger partial charge >= 0.3 is 12.2 Å². The normalized spacial score (nSPS) is 15.7. The third kappa shape index (κ3) is 8.50. The molecule has 0 spiro atoms. The van der Waals surface area contributed by atoms with Gasteiger partial charge in [-0.1, -0.05) is 24.3 Å². The summed E-state index contributed by atoms with van der Waals surface area (Å²) in [4.78, 5) is 13.9. The molecule has 0 atom stereocenters. The highest BCUT2D eigenvalue weighted by atomic mass is 19.4. The monoisotopic (exact) mass is 375 g/mol. The van der Waals surface area contributed by atoms with E-state index in [0.29, 0.717) is 6.54 Å². The molecule has 2 N–H and O–H groups in total. The highest BCUT2D eigenvalue weighted by Crippen LogP contribution is 2.14. The van der Waals surface area contributed by atoms with Crippen molar-refractivity contribution in [3.63, 3.8) is 0 Å². The molecule has 1 saturated heterocycles. The first-order chi connectivity index (χ1) is 12.4. The lowest BCUT2D eigenvalue weighted by Gasteiger charge is -2.26. The fourth-order valence-electron chi connectivity index (χ4n) is 2.45. The van der Waals surface area contributed by atoms with Gasteiger partial charge in [0, 0.05) is 32.7 Å². The van der Waals surface area contributed by atoms with Gasteiger partial charge in [0.1, 0.15) is 6.61 Å². The Bertz CT molecular complexity index is 546. The second-order valence-corrected chi connectivity index (χ2v) is 5.98. The molecule has 26 heavy (non-hydrogen) atoms. The summed E-state index contributed by atoms with van der Waals surface area (Å²) in [5.74, 6) is 0. The lowest BCUT2D eigenvalue weighted by Crippen LogP contribution is -2.37. The molecule has 146 valence electrons. The molecule has 0 bridgehead atoms. The number of alkyl halides is 3. The van der Waals surface area contributed by atoms with Crippen LogP contribution in [0, 0.1) is 0 Å². The van der Waals surface area contributed by atoms with Crippen LogP contribution < -0.4 is 10.6 Å². The fourth-order valence-corrected chi connectivity index (χ4v) is 2.45. The second kappa shape index (κ2) is 10.3. The van der Waals surface area contributed by atoms with Gasteiger partial charge in [-0.2, -0.15) is 13.2 Å². The summed E-state index contributed by atoms with van der Waals surface area (Å²) in [6.45, 7) is 3.10. The molecule has 0 radical (unpaired) electrons. The zero-order valence-electron chi connectivity index (χ0n) is 14.5. The number of carbonyl (C=O) groups is 1. The van der Waals surface area contributed by atoms with Crippen molar-refractivity contribution in [3.8, 4) is 0 Å². The van der Waals surface area contributed by atoms with Crippen LogP contribution >= 0.6 is 0 Å². The Morgan fingerprint density at radius 1 is 1.12 bits per heavy atom. The van der Waals surface area contributed by atoms with E-state index < -0.39 is 18.8 Å². The van der Waals surface area contributed by atoms with Crippen molar-refractivity contribution >= 4 is 6.03 Å². The van der Waals surface area contributed by atoms with Crippen LogP contribution in [0.5, 0.6) is 0 Å². The predicted molar refractivity (Wildman–Crippen MR) is 89.7 cm³/mol. The van der Waals surface area contributed by atoms with Crippen LogP contribution in [-0.2, 0) is 22.6 Å². The number of morpholine rings is 1. The van der Waals surface area contributed by atoms with Crippen LogP contribution in [0.25, 0.3) is 0 Å². The fraction of sp³-hybridized carbons (Fsp3) is 0.588. The Morgan fingerprint density at radius 3 is 2.42 bits per heavy atom. The van der Waals surface area contributed by atoms with Crippen molar-refractivity contribution in [2.24, 2.45) is 0 Å². The molecule has 1 aromatic rings. The quantitative estimate of drug-likeness (QED) is 0.682. The van der Waals surface area contributed by atoms with Crippen LogP contribution in [-0.4, -0.2) is 63.2 Å². The summed E-state index contributed by atoms with van der Waals surface area (Å²) in [6.07, 6.45) is -4.35. The Kier molecular flexibility index (Phi) is 8.14. The minimum absolute atomic E-state index is 0.0143. The van der Waals surface area contributed by atoms with Crippen LogP contribution in [0.3, 0.4) is 0 Å². The number of ether oxygens (including phenoxy) is 2. The molecule has 0 saturated carbocycles. The summed E-state index contributed by atoms with van der Waals surface area (Å²) in [6, 6.07) is 7.49. The largest absolute Gasteiger partial charge is 0.411 e. The Morgan fingerprint density at radius 2 is 1.77 bits per heavy atom. The molecule has 2 rings (SSSR count). The molecule has 1 fully saturated rings. The molecule has 9 heteroatoms. The minimum Gasteiger partial charge on any atom is -0.379 e. The standard InChI is InChI=1S/C17H24F3N3O3/c18-17(19,20)13-26-8-5-21-16(24)22-11-14-1-3-15(4-2-14)12-23-6-9-25-10-7-23/h1-4H,5-13H2,(H2,21,22,24). The number of hydrogen-bond donors (Lipinski definition) is 2. The topological polar surface area (TPSA) is 62.8 Å². The van der Waals surface area contributed by atoms with E-state index >= 15 is 0 Å². The number of halogens is 3. The van der Waals surface area contributed by atoms with Gasteiger partial charge in [0.25, 0.3) is 0 Å². The first-order valence-electron chi connectivity index (χ1n) is 8.46. The SMILES string of the molecule is O=C(NCCOCC(F)(F)F)NCc1ccc(CN2CCOCC2)cc1. The zero-order chi connectivity index (χ0) is 18.8. The summed E-state index contributed by atoms with van der Waals surface area (Å²) >= 11 is 0. The first kappa shape index (κ1) is 20.5. The van der Waals surface area contributed by atoms with Crippen LogP contribution in [0.2, 0.25) is 0 Å². The average molecular weight is 375 g/mol. The van der Waals surface area contributed by atoms with Crippen molar-refractivity contribution in [2.45, 2.75) is 19.3 Å². The summed E-state index contributed by atoms with van der Waals surface area (Å²) in [7, 11) is 0. The molecule has 6 nitrogen and oxygen atoms in total. The molecule has 1 aliphatic heterocycles. The maximum atomic E-state index is 11.9. The van der Waals surface area contributed by atoms with E-state index in [4.69, 9.17) is 4.74 Å². The van der Waals surface area contributed by atoms with Gasteiger partial charge in [0.2, 0.25) is 0 Å². The molecule has 1 aromatic carbocycles. The van der Waals surface area contributed by atoms with Crippen molar-refractivity contribution in [2.75, 3.05) is 46.1 Å². The number of nitrogens with zero attached hydrogens (tertiary/aromatic N) is 1. The van der Waals surface area contributed by atoms with Crippen molar-refractivity contribution in [3.05, 3.63) is 35.4 Å². The van der Waals surface area contributed by atoms with E-state index in [1.54, 1.807) is 0 Å². The van der Waals surface area contributed by atoms with Gasteiger partial charge in [-0.15, -0.1) is 0 Å². The predicted octanol–water partition coefficient (Wildman–Crippen LogP) is 1.90. The van der Waals surface area contributed by atoms with E-state index in [-0.39, 0.29) is 13.2 Å². The Hall–Kier alpha value is -1.84. The minimum atomic E-state index is -4.35. The van der Waals surface area contributed by atoms with E-state index in [0.717, 1.165) is 38.4 Å². The second-order valence-electron chi connectivity index (χ2n) is 5.98. The molecule has 0 aliphatic carbocycles. The van der Waals surface area contributed by atoms with E-state index in [1.165, 1.54) is 5.56 Å². The average Bonchev–Trinajstić information content (AvgIpc) is 2.61. The molecular formula is C17H24F3N3O3. The highest BCUT2D eigenvalue weighted by molar-refractivity contribution is 5.73. The zero-order valence-corrected chi connectivity index (χ0v) is 14.5. The lowest BCUT2D eigenvalue weighted by molar-refractivity contribution is -0.173. The molecule has 0 unspecified atom stereocenters. The van der Waals surface area contributed by atoms with Gasteiger partial charge < -0.3 is 20.1 Å². The van der Waals surface area contributed by atoms with E-state index in [9.17, 15) is 18.0 Å². The third-order valence-corrected chi connectivity index (χ3v) is 3.78. The number of urea groups is 1.